The second kappa shape index (κ2) is 7.89. The second-order valence-corrected chi connectivity index (χ2v) is 7.10. The normalized spacial score (nSPS) is 24.8. The van der Waals surface area contributed by atoms with Gasteiger partial charge in [0.1, 0.15) is 0 Å². The molecule has 0 aromatic heterocycles. The standard InChI is InChI=1S/C14H25N3O3S/c1-16-4-2-11(3-5-16)9-15-14(20)17-6-7-21-10-12(17)8-13(18)19/h11-12H,2-10H2,1H3,(H,15,20)(H,18,19). The number of amides is 2. The number of carboxylic acid groups (broad SMARTS) is 1. The first-order chi connectivity index (χ1) is 10.1. The van der Waals surface area contributed by atoms with Crippen LogP contribution in [0.3, 0.4) is 0 Å². The Morgan fingerprint density at radius 2 is 2.00 bits per heavy atom. The number of urea groups is 1. The van der Waals surface area contributed by atoms with Crippen molar-refractivity contribution < 1.29 is 14.7 Å². The zero-order chi connectivity index (χ0) is 15.2. The topological polar surface area (TPSA) is 72.9 Å². The van der Waals surface area contributed by atoms with E-state index in [4.69, 9.17) is 5.11 Å². The van der Waals surface area contributed by atoms with Crippen molar-refractivity contribution in [3.63, 3.8) is 0 Å². The average Bonchev–Trinajstić information content (AvgIpc) is 2.46. The zero-order valence-corrected chi connectivity index (χ0v) is 13.4. The van der Waals surface area contributed by atoms with Crippen LogP contribution in [0.5, 0.6) is 0 Å². The molecule has 6 nitrogen and oxygen atoms in total. The molecule has 2 fully saturated rings. The Bertz CT molecular complexity index is 372. The van der Waals surface area contributed by atoms with Crippen molar-refractivity contribution in [2.24, 2.45) is 5.92 Å². The van der Waals surface area contributed by atoms with E-state index in [1.165, 1.54) is 0 Å². The summed E-state index contributed by atoms with van der Waals surface area (Å²) in [5.41, 5.74) is 0. The number of rotatable bonds is 4. The first-order valence-electron chi connectivity index (χ1n) is 7.59. The summed E-state index contributed by atoms with van der Waals surface area (Å²) in [6.45, 7) is 3.52. The number of hydrogen-bond acceptors (Lipinski definition) is 4. The van der Waals surface area contributed by atoms with E-state index in [2.05, 4.69) is 17.3 Å². The van der Waals surface area contributed by atoms with E-state index in [9.17, 15) is 9.59 Å². The number of piperidine rings is 1. The second-order valence-electron chi connectivity index (χ2n) is 5.95. The summed E-state index contributed by atoms with van der Waals surface area (Å²) in [4.78, 5) is 27.2. The molecule has 21 heavy (non-hydrogen) atoms. The fourth-order valence-electron chi connectivity index (χ4n) is 2.89. The predicted octanol–water partition coefficient (Wildman–Crippen LogP) is 0.930. The monoisotopic (exact) mass is 315 g/mol. The minimum Gasteiger partial charge on any atom is -0.481 e. The minimum absolute atomic E-state index is 0.0364. The Morgan fingerprint density at radius 1 is 1.29 bits per heavy atom. The number of hydrogen-bond donors (Lipinski definition) is 2. The number of aliphatic carboxylic acids is 1. The number of carbonyl (C=O) groups is 2. The van der Waals surface area contributed by atoms with E-state index >= 15 is 0 Å². The van der Waals surface area contributed by atoms with Gasteiger partial charge in [-0.2, -0.15) is 11.8 Å². The third kappa shape index (κ3) is 5.07. The van der Waals surface area contributed by atoms with Crippen molar-refractivity contribution >= 4 is 23.8 Å². The van der Waals surface area contributed by atoms with Crippen LogP contribution >= 0.6 is 11.8 Å². The van der Waals surface area contributed by atoms with Crippen molar-refractivity contribution in [1.82, 2.24) is 15.1 Å². The Labute approximate surface area is 130 Å². The molecular formula is C14H25N3O3S. The highest BCUT2D eigenvalue weighted by molar-refractivity contribution is 7.99. The first kappa shape index (κ1) is 16.4. The van der Waals surface area contributed by atoms with E-state index in [1.807, 2.05) is 0 Å². The van der Waals surface area contributed by atoms with Crippen LogP contribution in [0.2, 0.25) is 0 Å². The lowest BCUT2D eigenvalue weighted by atomic mass is 9.97. The van der Waals surface area contributed by atoms with Crippen molar-refractivity contribution in [2.75, 3.05) is 44.7 Å². The molecule has 0 spiro atoms. The molecule has 2 aliphatic rings. The molecule has 7 heteroatoms. The van der Waals surface area contributed by atoms with Gasteiger partial charge in [-0.3, -0.25) is 4.79 Å². The third-order valence-corrected chi connectivity index (χ3v) is 5.37. The zero-order valence-electron chi connectivity index (χ0n) is 12.6. The maximum absolute atomic E-state index is 12.3. The largest absolute Gasteiger partial charge is 0.481 e. The van der Waals surface area contributed by atoms with Crippen LogP contribution in [0.1, 0.15) is 19.3 Å². The smallest absolute Gasteiger partial charge is 0.317 e. The maximum atomic E-state index is 12.3. The van der Waals surface area contributed by atoms with Crippen molar-refractivity contribution in [3.05, 3.63) is 0 Å². The molecule has 1 unspecified atom stereocenters. The lowest BCUT2D eigenvalue weighted by Gasteiger charge is -2.35. The summed E-state index contributed by atoms with van der Waals surface area (Å²) < 4.78 is 0. The number of carboxylic acids is 1. The molecule has 0 saturated carbocycles. The van der Waals surface area contributed by atoms with Crippen LogP contribution in [-0.2, 0) is 4.79 Å². The van der Waals surface area contributed by atoms with Crippen LogP contribution in [-0.4, -0.2) is 77.7 Å². The molecule has 2 rings (SSSR count). The van der Waals surface area contributed by atoms with E-state index in [1.54, 1.807) is 16.7 Å². The highest BCUT2D eigenvalue weighted by Gasteiger charge is 2.29. The fourth-order valence-corrected chi connectivity index (χ4v) is 3.95. The highest BCUT2D eigenvalue weighted by atomic mass is 32.2. The van der Waals surface area contributed by atoms with Gasteiger partial charge < -0.3 is 20.2 Å². The van der Waals surface area contributed by atoms with E-state index in [0.29, 0.717) is 24.8 Å². The predicted molar refractivity (Wildman–Crippen MR) is 83.7 cm³/mol. The number of nitrogens with one attached hydrogen (secondary N) is 1. The molecular weight excluding hydrogens is 290 g/mol. The Hall–Kier alpha value is -0.950. The van der Waals surface area contributed by atoms with Gasteiger partial charge >= 0.3 is 12.0 Å². The van der Waals surface area contributed by atoms with E-state index < -0.39 is 5.97 Å². The molecule has 0 aromatic carbocycles. The van der Waals surface area contributed by atoms with Crippen LogP contribution in [0.4, 0.5) is 4.79 Å². The lowest BCUT2D eigenvalue weighted by Crippen LogP contribution is -2.52. The van der Waals surface area contributed by atoms with Crippen LogP contribution in [0.25, 0.3) is 0 Å². The Morgan fingerprint density at radius 3 is 2.67 bits per heavy atom. The van der Waals surface area contributed by atoms with Gasteiger partial charge in [0.05, 0.1) is 12.5 Å². The molecule has 2 saturated heterocycles. The fraction of sp³-hybridized carbons (Fsp3) is 0.857. The van der Waals surface area contributed by atoms with Gasteiger partial charge in [-0.25, -0.2) is 4.79 Å². The lowest BCUT2D eigenvalue weighted by molar-refractivity contribution is -0.138. The van der Waals surface area contributed by atoms with Crippen molar-refractivity contribution in [2.45, 2.75) is 25.3 Å². The van der Waals surface area contributed by atoms with Crippen LogP contribution in [0, 0.1) is 5.92 Å². The highest BCUT2D eigenvalue weighted by Crippen LogP contribution is 2.20. The quantitative estimate of drug-likeness (QED) is 0.807. The Balaban J connectivity index is 1.79. The summed E-state index contributed by atoms with van der Waals surface area (Å²) in [5, 5.41) is 12.0. The molecule has 1 atom stereocenters. The molecule has 0 bridgehead atoms. The van der Waals surface area contributed by atoms with E-state index in [0.717, 1.165) is 31.7 Å². The summed E-state index contributed by atoms with van der Waals surface area (Å²) in [6, 6.07) is -0.279. The van der Waals surface area contributed by atoms with Crippen molar-refractivity contribution in [3.8, 4) is 0 Å². The Kier molecular flexibility index (Phi) is 6.17. The van der Waals surface area contributed by atoms with Gasteiger partial charge in [-0.15, -0.1) is 0 Å². The molecule has 2 amide bonds. The molecule has 120 valence electrons. The maximum Gasteiger partial charge on any atom is 0.317 e. The number of likely N-dealkylation sites (tertiary alicyclic amines) is 1. The SMILES string of the molecule is CN1CCC(CNC(=O)N2CCSCC2CC(=O)O)CC1. The average molecular weight is 315 g/mol. The first-order valence-corrected chi connectivity index (χ1v) is 8.74. The molecule has 0 aliphatic carbocycles. The molecule has 0 radical (unpaired) electrons. The molecule has 2 N–H and O–H groups in total. The number of thioether (sulfide) groups is 1. The van der Waals surface area contributed by atoms with Crippen LogP contribution < -0.4 is 5.32 Å². The molecule has 2 aliphatic heterocycles. The summed E-state index contributed by atoms with van der Waals surface area (Å²) >= 11 is 1.72. The molecule has 2 heterocycles. The van der Waals surface area contributed by atoms with Crippen LogP contribution in [0.15, 0.2) is 0 Å². The number of nitrogens with zero attached hydrogens (tertiary/aromatic N) is 2. The summed E-state index contributed by atoms with van der Waals surface area (Å²) in [5.74, 6) is 1.31. The van der Waals surface area contributed by atoms with Gasteiger partial charge in [0.25, 0.3) is 0 Å². The molecule has 0 aromatic rings. The number of carbonyl (C=O) groups excluding carboxylic acids is 1. The van der Waals surface area contributed by atoms with Gasteiger partial charge in [0.15, 0.2) is 0 Å². The summed E-state index contributed by atoms with van der Waals surface area (Å²) in [7, 11) is 2.12. The van der Waals surface area contributed by atoms with Gasteiger partial charge in [-0.1, -0.05) is 0 Å². The van der Waals surface area contributed by atoms with Gasteiger partial charge in [0.2, 0.25) is 0 Å². The van der Waals surface area contributed by atoms with Gasteiger partial charge in [0, 0.05) is 24.6 Å². The summed E-state index contributed by atoms with van der Waals surface area (Å²) in [6.07, 6.45) is 2.27. The minimum atomic E-state index is -0.837. The van der Waals surface area contributed by atoms with Crippen molar-refractivity contribution in [1.29, 1.82) is 0 Å². The van der Waals surface area contributed by atoms with Gasteiger partial charge in [-0.05, 0) is 38.9 Å². The van der Waals surface area contributed by atoms with E-state index in [-0.39, 0.29) is 18.5 Å². The third-order valence-electron chi connectivity index (χ3n) is 4.28.